The van der Waals surface area contributed by atoms with Gasteiger partial charge >= 0.3 is 0 Å². The molecular weight excluding hydrogens is 312 g/mol. The fourth-order valence-corrected chi connectivity index (χ4v) is 4.14. The van der Waals surface area contributed by atoms with Gasteiger partial charge in [0.05, 0.1) is 17.4 Å². The molecule has 1 N–H and O–H groups in total. The smallest absolute Gasteiger partial charge is 0.146 e. The standard InChI is InChI=1S/C18H22O4S/c1-10(19)15-14(21)9-18(3,22)17(11(2)20)16(15)12-5-7-13(23-4)8-6-12/h5-8,15-17,22H,9H2,1-4H3/t15-,16+,17-,18-/m0/s1. The van der Waals surface area contributed by atoms with Gasteiger partial charge in [0.2, 0.25) is 0 Å². The fraction of sp³-hybridized carbons (Fsp3) is 0.500. The molecule has 1 aliphatic carbocycles. The van der Waals surface area contributed by atoms with E-state index in [4.69, 9.17) is 0 Å². The first-order valence-corrected chi connectivity index (χ1v) is 8.81. The van der Waals surface area contributed by atoms with Crippen molar-refractivity contribution in [3.63, 3.8) is 0 Å². The monoisotopic (exact) mass is 334 g/mol. The van der Waals surface area contributed by atoms with Gasteiger partial charge in [-0.25, -0.2) is 0 Å². The molecule has 0 amide bonds. The van der Waals surface area contributed by atoms with Crippen molar-refractivity contribution in [2.24, 2.45) is 11.8 Å². The molecule has 4 atom stereocenters. The van der Waals surface area contributed by atoms with E-state index >= 15 is 0 Å². The molecule has 1 aromatic rings. The molecule has 0 radical (unpaired) electrons. The van der Waals surface area contributed by atoms with E-state index in [0.717, 1.165) is 10.5 Å². The number of Topliss-reactive ketones (excluding diaryl/α,β-unsaturated/α-hetero) is 3. The number of thioether (sulfide) groups is 1. The van der Waals surface area contributed by atoms with E-state index in [-0.39, 0.29) is 23.8 Å². The summed E-state index contributed by atoms with van der Waals surface area (Å²) in [6.07, 6.45) is 1.79. The Hall–Kier alpha value is -1.46. The van der Waals surface area contributed by atoms with E-state index in [2.05, 4.69) is 0 Å². The number of hydrogen-bond acceptors (Lipinski definition) is 5. The van der Waals surface area contributed by atoms with E-state index in [1.54, 1.807) is 11.8 Å². The molecule has 1 aliphatic rings. The first kappa shape index (κ1) is 17.9. The van der Waals surface area contributed by atoms with Crippen LogP contribution in [0.4, 0.5) is 0 Å². The van der Waals surface area contributed by atoms with Gasteiger partial charge in [0.15, 0.2) is 0 Å². The van der Waals surface area contributed by atoms with Crippen LogP contribution in [0.15, 0.2) is 29.2 Å². The third-order valence-electron chi connectivity index (χ3n) is 4.64. The van der Waals surface area contributed by atoms with Gasteiger partial charge in [-0.2, -0.15) is 0 Å². The van der Waals surface area contributed by atoms with Crippen LogP contribution in [0, 0.1) is 11.8 Å². The SMILES string of the molecule is CSc1ccc([C@@H]2[C@@H](C(C)=O)C(=O)C[C@](C)(O)[C@H]2C(C)=O)cc1. The van der Waals surface area contributed by atoms with E-state index in [0.29, 0.717) is 0 Å². The van der Waals surface area contributed by atoms with Crippen LogP contribution >= 0.6 is 11.8 Å². The summed E-state index contributed by atoms with van der Waals surface area (Å²) in [5, 5.41) is 10.7. The molecule has 0 spiro atoms. The highest BCUT2D eigenvalue weighted by molar-refractivity contribution is 7.98. The lowest BCUT2D eigenvalue weighted by Crippen LogP contribution is -2.53. The second-order valence-electron chi connectivity index (χ2n) is 6.48. The zero-order valence-electron chi connectivity index (χ0n) is 13.8. The molecule has 0 bridgehead atoms. The Balaban J connectivity index is 2.58. The van der Waals surface area contributed by atoms with E-state index in [9.17, 15) is 19.5 Å². The normalized spacial score (nSPS) is 31.0. The molecule has 1 aromatic carbocycles. The molecule has 23 heavy (non-hydrogen) atoms. The van der Waals surface area contributed by atoms with Gasteiger partial charge < -0.3 is 5.11 Å². The Morgan fingerprint density at radius 3 is 2.17 bits per heavy atom. The van der Waals surface area contributed by atoms with Gasteiger partial charge in [-0.05, 0) is 44.7 Å². The van der Waals surface area contributed by atoms with E-state index in [1.165, 1.54) is 20.8 Å². The van der Waals surface area contributed by atoms with Gasteiger partial charge in [0.1, 0.15) is 17.3 Å². The maximum absolute atomic E-state index is 12.4. The van der Waals surface area contributed by atoms with Crippen LogP contribution in [-0.2, 0) is 14.4 Å². The first-order valence-electron chi connectivity index (χ1n) is 7.59. The number of carbonyl (C=O) groups is 3. The zero-order valence-corrected chi connectivity index (χ0v) is 14.6. The van der Waals surface area contributed by atoms with Crippen LogP contribution in [-0.4, -0.2) is 34.3 Å². The largest absolute Gasteiger partial charge is 0.389 e. The van der Waals surface area contributed by atoms with Crippen molar-refractivity contribution in [1.82, 2.24) is 0 Å². The molecule has 5 heteroatoms. The lowest BCUT2D eigenvalue weighted by molar-refractivity contribution is -0.151. The molecule has 0 aromatic heterocycles. The van der Waals surface area contributed by atoms with Gasteiger partial charge in [-0.15, -0.1) is 11.8 Å². The summed E-state index contributed by atoms with van der Waals surface area (Å²) in [4.78, 5) is 37.8. The average molecular weight is 334 g/mol. The van der Waals surface area contributed by atoms with Crippen LogP contribution in [0.3, 0.4) is 0 Å². The lowest BCUT2D eigenvalue weighted by atomic mass is 9.60. The first-order chi connectivity index (χ1) is 10.7. The number of aliphatic hydroxyl groups is 1. The quantitative estimate of drug-likeness (QED) is 0.677. The molecule has 0 unspecified atom stereocenters. The number of hydrogen-bond donors (Lipinski definition) is 1. The summed E-state index contributed by atoms with van der Waals surface area (Å²) in [6, 6.07) is 7.50. The topological polar surface area (TPSA) is 71.4 Å². The molecule has 1 fully saturated rings. The highest BCUT2D eigenvalue weighted by Crippen LogP contribution is 2.46. The van der Waals surface area contributed by atoms with Crippen LogP contribution in [0.2, 0.25) is 0 Å². The van der Waals surface area contributed by atoms with Gasteiger partial charge in [0.25, 0.3) is 0 Å². The highest BCUT2D eigenvalue weighted by atomic mass is 32.2. The predicted molar refractivity (Wildman–Crippen MR) is 89.6 cm³/mol. The minimum absolute atomic E-state index is 0.166. The highest BCUT2D eigenvalue weighted by Gasteiger charge is 2.53. The minimum Gasteiger partial charge on any atom is -0.389 e. The lowest BCUT2D eigenvalue weighted by Gasteiger charge is -2.44. The molecule has 0 saturated heterocycles. The Labute approximate surface area is 140 Å². The Kier molecular flexibility index (Phi) is 5.11. The number of benzene rings is 1. The van der Waals surface area contributed by atoms with Crippen LogP contribution in [0.5, 0.6) is 0 Å². The van der Waals surface area contributed by atoms with Crippen molar-refractivity contribution in [2.75, 3.05) is 6.26 Å². The van der Waals surface area contributed by atoms with Gasteiger partial charge in [-0.3, -0.25) is 14.4 Å². The molecule has 0 aliphatic heterocycles. The second-order valence-corrected chi connectivity index (χ2v) is 7.36. The van der Waals surface area contributed by atoms with E-state index in [1.807, 2.05) is 30.5 Å². The summed E-state index contributed by atoms with van der Waals surface area (Å²) in [7, 11) is 0. The second kappa shape index (κ2) is 6.57. The summed E-state index contributed by atoms with van der Waals surface area (Å²) in [6.45, 7) is 4.30. The van der Waals surface area contributed by atoms with Crippen LogP contribution in [0.25, 0.3) is 0 Å². The van der Waals surface area contributed by atoms with Gasteiger partial charge in [0, 0.05) is 17.2 Å². The number of rotatable bonds is 4. The molecule has 1 saturated carbocycles. The van der Waals surface area contributed by atoms with Crippen molar-refractivity contribution in [3.8, 4) is 0 Å². The summed E-state index contributed by atoms with van der Waals surface area (Å²) in [5.74, 6) is -3.00. The van der Waals surface area contributed by atoms with Crippen molar-refractivity contribution in [1.29, 1.82) is 0 Å². The van der Waals surface area contributed by atoms with Crippen molar-refractivity contribution in [3.05, 3.63) is 29.8 Å². The van der Waals surface area contributed by atoms with E-state index < -0.39 is 23.4 Å². The molecule has 4 nitrogen and oxygen atoms in total. The molecule has 124 valence electrons. The minimum atomic E-state index is -1.43. The van der Waals surface area contributed by atoms with Crippen molar-refractivity contribution >= 4 is 29.1 Å². The van der Waals surface area contributed by atoms with Crippen LogP contribution in [0.1, 0.15) is 38.7 Å². The Morgan fingerprint density at radius 1 is 1.17 bits per heavy atom. The predicted octanol–water partition coefficient (Wildman–Crippen LogP) is 2.63. The molecular formula is C18H22O4S. The summed E-state index contributed by atoms with van der Waals surface area (Å²) < 4.78 is 0. The third-order valence-corrected chi connectivity index (χ3v) is 5.39. The fourth-order valence-electron chi connectivity index (χ4n) is 3.73. The molecule has 0 heterocycles. The van der Waals surface area contributed by atoms with Crippen LogP contribution < -0.4 is 0 Å². The van der Waals surface area contributed by atoms with Crippen molar-refractivity contribution in [2.45, 2.75) is 43.6 Å². The van der Waals surface area contributed by atoms with Crippen molar-refractivity contribution < 1.29 is 19.5 Å². The van der Waals surface area contributed by atoms with Gasteiger partial charge in [-0.1, -0.05) is 12.1 Å². The third kappa shape index (κ3) is 3.40. The average Bonchev–Trinajstić information content (AvgIpc) is 2.44. The number of ketones is 3. The maximum Gasteiger partial charge on any atom is 0.146 e. The summed E-state index contributed by atoms with van der Waals surface area (Å²) >= 11 is 1.59. The summed E-state index contributed by atoms with van der Waals surface area (Å²) in [5.41, 5.74) is -0.686. The Morgan fingerprint density at radius 2 is 1.74 bits per heavy atom. The maximum atomic E-state index is 12.4. The Bertz CT molecular complexity index is 633. The zero-order chi connectivity index (χ0) is 17.4. The number of carbonyl (C=O) groups excluding carboxylic acids is 3. The molecule has 2 rings (SSSR count).